The molecule has 0 bridgehead atoms. The molecular formula is C48H32N2OS. The van der Waals surface area contributed by atoms with Gasteiger partial charge in [-0.1, -0.05) is 103 Å². The fraction of sp³-hybridized carbons (Fsp3) is 0. The average Bonchev–Trinajstić information content (AvgIpc) is 3.77. The summed E-state index contributed by atoms with van der Waals surface area (Å²) in [6.45, 7) is 0. The monoisotopic (exact) mass is 684 g/mol. The molecule has 4 heteroatoms. The van der Waals surface area contributed by atoms with Crippen LogP contribution < -0.4 is 9.80 Å². The first-order valence-corrected chi connectivity index (χ1v) is 18.3. The molecule has 8 aromatic carbocycles. The Bertz CT molecular complexity index is 2810. The van der Waals surface area contributed by atoms with E-state index < -0.39 is 0 Å². The Kier molecular flexibility index (Phi) is 7.33. The van der Waals surface area contributed by atoms with Gasteiger partial charge in [-0.15, -0.1) is 11.3 Å². The van der Waals surface area contributed by atoms with E-state index in [1.54, 1.807) is 0 Å². The van der Waals surface area contributed by atoms with Gasteiger partial charge in [-0.25, -0.2) is 0 Å². The molecule has 0 atom stereocenters. The van der Waals surface area contributed by atoms with Gasteiger partial charge < -0.3 is 14.2 Å². The molecular weight excluding hydrogens is 653 g/mol. The summed E-state index contributed by atoms with van der Waals surface area (Å²) in [7, 11) is 0. The van der Waals surface area contributed by atoms with Crippen LogP contribution in [0.15, 0.2) is 199 Å². The van der Waals surface area contributed by atoms with Crippen molar-refractivity contribution in [1.82, 2.24) is 0 Å². The number of benzene rings is 8. The fourth-order valence-electron chi connectivity index (χ4n) is 7.43. The van der Waals surface area contributed by atoms with Crippen LogP contribution in [0.5, 0.6) is 0 Å². The van der Waals surface area contributed by atoms with E-state index in [4.69, 9.17) is 4.42 Å². The number of hydrogen-bond acceptors (Lipinski definition) is 4. The van der Waals surface area contributed by atoms with Crippen LogP contribution in [0.3, 0.4) is 0 Å². The van der Waals surface area contributed by atoms with Crippen molar-refractivity contribution in [3.05, 3.63) is 194 Å². The maximum absolute atomic E-state index is 6.92. The van der Waals surface area contributed by atoms with Gasteiger partial charge in [0.1, 0.15) is 11.2 Å². The second-order valence-electron chi connectivity index (χ2n) is 13.0. The van der Waals surface area contributed by atoms with Crippen molar-refractivity contribution >= 4 is 87.6 Å². The van der Waals surface area contributed by atoms with Crippen LogP contribution in [0.2, 0.25) is 0 Å². The average molecular weight is 685 g/mol. The third-order valence-corrected chi connectivity index (χ3v) is 11.0. The van der Waals surface area contributed by atoms with Crippen molar-refractivity contribution < 1.29 is 4.42 Å². The smallest absolute Gasteiger partial charge is 0.143 e. The van der Waals surface area contributed by atoms with Gasteiger partial charge in [0, 0.05) is 76.7 Å². The van der Waals surface area contributed by atoms with Gasteiger partial charge in [-0.2, -0.15) is 0 Å². The quantitative estimate of drug-likeness (QED) is 0.167. The van der Waals surface area contributed by atoms with Gasteiger partial charge in [0.2, 0.25) is 0 Å². The maximum atomic E-state index is 6.92. The summed E-state index contributed by atoms with van der Waals surface area (Å²) in [6, 6.07) is 68.9. The molecule has 0 unspecified atom stereocenters. The van der Waals surface area contributed by atoms with E-state index in [2.05, 4.69) is 204 Å². The van der Waals surface area contributed by atoms with Crippen LogP contribution in [-0.4, -0.2) is 0 Å². The summed E-state index contributed by atoms with van der Waals surface area (Å²) in [5.41, 5.74) is 10.4. The summed E-state index contributed by atoms with van der Waals surface area (Å²) in [6.07, 6.45) is 0. The van der Waals surface area contributed by atoms with Gasteiger partial charge in [-0.3, -0.25) is 0 Å². The molecule has 2 heterocycles. The highest BCUT2D eigenvalue weighted by molar-refractivity contribution is 7.25. The molecule has 0 aliphatic carbocycles. The molecule has 0 radical (unpaired) electrons. The molecule has 10 rings (SSSR count). The van der Waals surface area contributed by atoms with Gasteiger partial charge in [0.25, 0.3) is 0 Å². The third-order valence-electron chi connectivity index (χ3n) is 9.80. The van der Waals surface area contributed by atoms with E-state index in [1.807, 2.05) is 11.3 Å². The number of rotatable bonds is 7. The van der Waals surface area contributed by atoms with Crippen molar-refractivity contribution in [2.24, 2.45) is 0 Å². The summed E-state index contributed by atoms with van der Waals surface area (Å²) >= 11 is 1.84. The molecule has 0 N–H and O–H groups in total. The predicted octanol–water partition coefficient (Wildman–Crippen LogP) is 14.6. The van der Waals surface area contributed by atoms with Crippen molar-refractivity contribution in [1.29, 1.82) is 0 Å². The van der Waals surface area contributed by atoms with Gasteiger partial charge in [0.05, 0.1) is 0 Å². The number of fused-ring (bicyclic) bond motifs is 6. The lowest BCUT2D eigenvalue weighted by Crippen LogP contribution is -2.09. The van der Waals surface area contributed by atoms with Crippen LogP contribution >= 0.6 is 11.3 Å². The zero-order valence-electron chi connectivity index (χ0n) is 28.2. The number of para-hydroxylation sites is 3. The molecule has 0 amide bonds. The minimum atomic E-state index is 0.843. The molecule has 0 fully saturated rings. The van der Waals surface area contributed by atoms with Gasteiger partial charge in [-0.05, 0) is 90.5 Å². The molecule has 0 aliphatic rings. The number of hydrogen-bond donors (Lipinski definition) is 0. The van der Waals surface area contributed by atoms with Crippen LogP contribution in [-0.2, 0) is 0 Å². The predicted molar refractivity (Wildman–Crippen MR) is 221 cm³/mol. The number of anilines is 6. The van der Waals surface area contributed by atoms with E-state index >= 15 is 0 Å². The van der Waals surface area contributed by atoms with Gasteiger partial charge in [0.15, 0.2) is 0 Å². The Hall–Kier alpha value is -6.62. The molecule has 52 heavy (non-hydrogen) atoms. The zero-order chi connectivity index (χ0) is 34.4. The van der Waals surface area contributed by atoms with E-state index in [-0.39, 0.29) is 0 Å². The van der Waals surface area contributed by atoms with Crippen molar-refractivity contribution in [3.63, 3.8) is 0 Å². The highest BCUT2D eigenvalue weighted by atomic mass is 32.1. The van der Waals surface area contributed by atoms with Crippen LogP contribution in [0, 0.1) is 0 Å². The minimum Gasteiger partial charge on any atom is -0.455 e. The second kappa shape index (κ2) is 12.6. The highest BCUT2D eigenvalue weighted by Gasteiger charge is 2.21. The molecule has 2 aromatic heterocycles. The molecule has 10 aromatic rings. The Labute approximate surface area is 305 Å². The van der Waals surface area contributed by atoms with Crippen LogP contribution in [0.1, 0.15) is 0 Å². The molecule has 0 spiro atoms. The van der Waals surface area contributed by atoms with E-state index in [9.17, 15) is 0 Å². The zero-order valence-corrected chi connectivity index (χ0v) is 29.0. The van der Waals surface area contributed by atoms with E-state index in [1.165, 1.54) is 20.2 Å². The van der Waals surface area contributed by atoms with Crippen LogP contribution in [0.4, 0.5) is 34.1 Å². The largest absolute Gasteiger partial charge is 0.455 e. The molecule has 0 saturated carbocycles. The lowest BCUT2D eigenvalue weighted by atomic mass is 10.00. The molecule has 0 aliphatic heterocycles. The minimum absolute atomic E-state index is 0.843. The Morgan fingerprint density at radius 1 is 0.346 bits per heavy atom. The Morgan fingerprint density at radius 2 is 0.865 bits per heavy atom. The first-order valence-electron chi connectivity index (χ1n) is 17.5. The number of thiophene rings is 1. The second-order valence-corrected chi connectivity index (χ2v) is 14.1. The lowest BCUT2D eigenvalue weighted by Gasteiger charge is -2.26. The lowest BCUT2D eigenvalue weighted by molar-refractivity contribution is 0.670. The topological polar surface area (TPSA) is 19.6 Å². The SMILES string of the molecule is c1ccc(-c2cc(N(c3ccccc3)c3ccccc3)cc3c2oc2cc(N(c4ccccc4)c4ccc5sc6ccccc6c5c4)ccc23)cc1. The van der Waals surface area contributed by atoms with Crippen molar-refractivity contribution in [2.45, 2.75) is 0 Å². The van der Waals surface area contributed by atoms with Gasteiger partial charge >= 0.3 is 0 Å². The third kappa shape index (κ3) is 5.20. The summed E-state index contributed by atoms with van der Waals surface area (Å²) in [4.78, 5) is 4.65. The number of furan rings is 1. The summed E-state index contributed by atoms with van der Waals surface area (Å²) < 4.78 is 9.51. The number of nitrogens with zero attached hydrogens (tertiary/aromatic N) is 2. The van der Waals surface area contributed by atoms with E-state index in [0.29, 0.717) is 0 Å². The molecule has 3 nitrogen and oxygen atoms in total. The van der Waals surface area contributed by atoms with Crippen LogP contribution in [0.25, 0.3) is 53.2 Å². The van der Waals surface area contributed by atoms with E-state index in [0.717, 1.165) is 67.2 Å². The normalized spacial score (nSPS) is 11.5. The van der Waals surface area contributed by atoms with Crippen molar-refractivity contribution in [2.75, 3.05) is 9.80 Å². The first-order chi connectivity index (χ1) is 25.8. The first kappa shape index (κ1) is 30.2. The molecule has 246 valence electrons. The summed E-state index contributed by atoms with van der Waals surface area (Å²) in [5, 5.41) is 4.71. The van der Waals surface area contributed by atoms with Crippen molar-refractivity contribution in [3.8, 4) is 11.1 Å². The Balaban J connectivity index is 1.19. The Morgan fingerprint density at radius 3 is 1.54 bits per heavy atom. The fourth-order valence-corrected chi connectivity index (χ4v) is 8.52. The highest BCUT2D eigenvalue weighted by Crippen LogP contribution is 2.46. The standard InChI is InChI=1S/C48H32N2OS/c1-5-15-33(16-6-1)42-30-39(49(34-17-7-2-8-18-34)35-19-9-3-10-20-35)31-44-40-27-25-38(32-45(40)51-48(42)44)50(36-21-11-4-12-22-36)37-26-28-47-43(29-37)41-23-13-14-24-46(41)52-47/h1-32H. The summed E-state index contributed by atoms with van der Waals surface area (Å²) in [5.74, 6) is 0. The molecule has 0 saturated heterocycles. The maximum Gasteiger partial charge on any atom is 0.143 e.